The fourth-order valence-electron chi connectivity index (χ4n) is 0.401. The molecule has 0 spiro atoms. The van der Waals surface area contributed by atoms with Gasteiger partial charge in [0.15, 0.2) is 5.72 Å². The van der Waals surface area contributed by atoms with E-state index in [1.54, 1.807) is 6.92 Å². The molecule has 0 aliphatic rings. The molecule has 3 N–H and O–H groups in total. The summed E-state index contributed by atoms with van der Waals surface area (Å²) in [5, 5.41) is 9.98. The molecule has 0 radical (unpaired) electrons. The number of nitrogens with one attached hydrogen (secondary N) is 1. The van der Waals surface area contributed by atoms with E-state index in [9.17, 15) is 5.21 Å². The lowest BCUT2D eigenvalue weighted by Crippen LogP contribution is -3.05. The second-order valence-electron chi connectivity index (χ2n) is 2.26. The third-order valence-corrected chi connectivity index (χ3v) is 1.08. The third-order valence-electron chi connectivity index (χ3n) is 1.08. The Balaban J connectivity index is 3.58. The van der Waals surface area contributed by atoms with Crippen molar-refractivity contribution in [1.82, 2.24) is 0 Å². The van der Waals surface area contributed by atoms with E-state index < -0.39 is 5.72 Å². The van der Waals surface area contributed by atoms with Crippen LogP contribution in [0.2, 0.25) is 0 Å². The molecular formula is C5H14N2O2. The van der Waals surface area contributed by atoms with E-state index in [0.717, 1.165) is 0 Å². The molecule has 0 bridgehead atoms. The molecule has 0 saturated carbocycles. The highest BCUT2D eigenvalue weighted by Gasteiger charge is 2.19. The van der Waals surface area contributed by atoms with Crippen molar-refractivity contribution < 1.29 is 10.1 Å². The average Bonchev–Trinajstić information content (AvgIpc) is 1.63. The smallest absolute Gasteiger partial charge is 0.173 e. The number of hydrogen-bond acceptors (Lipinski definition) is 3. The quantitative estimate of drug-likeness (QED) is 0.385. The Morgan fingerprint density at radius 2 is 2.22 bits per heavy atom. The fraction of sp³-hybridized carbons (Fsp3) is 1.00. The van der Waals surface area contributed by atoms with E-state index in [4.69, 9.17) is 10.6 Å². The molecule has 0 aromatic heterocycles. The summed E-state index contributed by atoms with van der Waals surface area (Å²) in [5.74, 6) is 0. The van der Waals surface area contributed by atoms with Gasteiger partial charge in [0.1, 0.15) is 0 Å². The largest absolute Gasteiger partial charge is 0.600 e. The van der Waals surface area contributed by atoms with Gasteiger partial charge in [-0.1, -0.05) is 6.92 Å². The summed E-state index contributed by atoms with van der Waals surface area (Å²) >= 11 is 0. The molecule has 0 aliphatic heterocycles. The van der Waals surface area contributed by atoms with Crippen molar-refractivity contribution in [3.05, 3.63) is 5.21 Å². The molecule has 0 saturated heterocycles. The van der Waals surface area contributed by atoms with E-state index in [1.807, 2.05) is 6.92 Å². The van der Waals surface area contributed by atoms with Gasteiger partial charge in [0.25, 0.3) is 0 Å². The molecule has 0 heterocycles. The van der Waals surface area contributed by atoms with E-state index in [1.165, 1.54) is 7.05 Å². The zero-order valence-corrected chi connectivity index (χ0v) is 6.10. The lowest BCUT2D eigenvalue weighted by molar-refractivity contribution is -1.05. The van der Waals surface area contributed by atoms with Gasteiger partial charge in [0.2, 0.25) is 0 Å². The average molecular weight is 134 g/mol. The number of hydrogen-bond donors (Lipinski definition) is 2. The Hall–Kier alpha value is -0.160. The topological polar surface area (TPSA) is 62.8 Å². The van der Waals surface area contributed by atoms with Crippen molar-refractivity contribution in [2.45, 2.75) is 26.0 Å². The number of quaternary nitrogens is 1. The summed E-state index contributed by atoms with van der Waals surface area (Å²) in [6.07, 6.45) is 0.632. The number of nitrogens with two attached hydrogens (primary N) is 1. The van der Waals surface area contributed by atoms with Crippen LogP contribution in [0.4, 0.5) is 0 Å². The molecule has 2 unspecified atom stereocenters. The first-order valence-electron chi connectivity index (χ1n) is 2.96. The molecule has 9 heavy (non-hydrogen) atoms. The Morgan fingerprint density at radius 3 is 2.33 bits per heavy atom. The molecule has 4 nitrogen and oxygen atoms in total. The van der Waals surface area contributed by atoms with E-state index in [2.05, 4.69) is 0 Å². The lowest BCUT2D eigenvalue weighted by Gasteiger charge is -2.26. The van der Waals surface area contributed by atoms with Gasteiger partial charge in [0.05, 0.1) is 7.05 Å². The maximum Gasteiger partial charge on any atom is 0.173 e. The van der Waals surface area contributed by atoms with E-state index >= 15 is 0 Å². The van der Waals surface area contributed by atoms with Crippen LogP contribution in [0, 0.1) is 5.21 Å². The molecule has 0 aliphatic carbocycles. The minimum atomic E-state index is -0.786. The molecule has 56 valence electrons. The monoisotopic (exact) mass is 134 g/mol. The van der Waals surface area contributed by atoms with Crippen LogP contribution in [-0.2, 0) is 4.84 Å². The maximum absolute atomic E-state index is 10.3. The van der Waals surface area contributed by atoms with Crippen molar-refractivity contribution in [3.8, 4) is 0 Å². The Labute approximate surface area is 55.1 Å². The minimum absolute atomic E-state index is 0.332. The van der Waals surface area contributed by atoms with Crippen molar-refractivity contribution in [2.24, 2.45) is 5.73 Å². The van der Waals surface area contributed by atoms with Crippen LogP contribution in [0.5, 0.6) is 0 Å². The lowest BCUT2D eigenvalue weighted by atomic mass is 10.2. The number of hydroxylamine groups is 2. The first kappa shape index (κ1) is 8.84. The zero-order valence-electron chi connectivity index (χ0n) is 6.10. The van der Waals surface area contributed by atoms with Crippen LogP contribution in [0.15, 0.2) is 0 Å². The fourth-order valence-corrected chi connectivity index (χ4v) is 0.401. The molecule has 0 aromatic carbocycles. The standard InChI is InChI=1S/C5H14N2O2/c1-4-5(2,6)9-7(3)8/h7H,4,6H2,1-3H3. The highest BCUT2D eigenvalue weighted by molar-refractivity contribution is 4.58. The minimum Gasteiger partial charge on any atom is -0.600 e. The molecule has 0 rings (SSSR count). The van der Waals surface area contributed by atoms with Crippen molar-refractivity contribution in [1.29, 1.82) is 0 Å². The van der Waals surface area contributed by atoms with Crippen LogP contribution in [0.1, 0.15) is 20.3 Å². The first-order valence-corrected chi connectivity index (χ1v) is 2.96. The van der Waals surface area contributed by atoms with Crippen LogP contribution in [0.3, 0.4) is 0 Å². The molecule has 0 amide bonds. The molecule has 0 aromatic rings. The normalized spacial score (nSPS) is 21.0. The zero-order chi connectivity index (χ0) is 7.49. The predicted molar refractivity (Wildman–Crippen MR) is 34.2 cm³/mol. The molecule has 2 atom stereocenters. The summed E-state index contributed by atoms with van der Waals surface area (Å²) in [6, 6.07) is 0. The van der Waals surface area contributed by atoms with Gasteiger partial charge in [-0.3, -0.25) is 5.73 Å². The Bertz CT molecular complexity index is 83.0. The summed E-state index contributed by atoms with van der Waals surface area (Å²) in [5.41, 5.74) is 4.69. The van der Waals surface area contributed by atoms with Gasteiger partial charge in [-0.2, -0.15) is 4.84 Å². The van der Waals surface area contributed by atoms with Crippen molar-refractivity contribution in [3.63, 3.8) is 0 Å². The third kappa shape index (κ3) is 4.35. The number of rotatable bonds is 3. The SMILES string of the molecule is CCC(C)(N)O[NH+](C)[O-]. The molecular weight excluding hydrogens is 120 g/mol. The maximum atomic E-state index is 10.3. The van der Waals surface area contributed by atoms with Crippen molar-refractivity contribution in [2.75, 3.05) is 7.05 Å². The summed E-state index contributed by atoms with van der Waals surface area (Å²) in [6.45, 7) is 3.54. The first-order chi connectivity index (χ1) is 3.98. The Morgan fingerprint density at radius 1 is 1.78 bits per heavy atom. The second-order valence-corrected chi connectivity index (χ2v) is 2.26. The van der Waals surface area contributed by atoms with Crippen molar-refractivity contribution >= 4 is 0 Å². The highest BCUT2D eigenvalue weighted by Crippen LogP contribution is 2.00. The predicted octanol–water partition coefficient (Wildman–Crippen LogP) is -0.985. The second kappa shape index (κ2) is 3.12. The Kier molecular flexibility index (Phi) is 3.07. The van der Waals surface area contributed by atoms with Gasteiger partial charge in [-0.25, -0.2) is 5.23 Å². The molecule has 0 fully saturated rings. The van der Waals surface area contributed by atoms with Crippen LogP contribution < -0.4 is 11.0 Å². The van der Waals surface area contributed by atoms with Gasteiger partial charge in [-0.15, -0.1) is 0 Å². The summed E-state index contributed by atoms with van der Waals surface area (Å²) in [7, 11) is 1.35. The highest BCUT2D eigenvalue weighted by atomic mass is 16.9. The summed E-state index contributed by atoms with van der Waals surface area (Å²) < 4.78 is 0. The van der Waals surface area contributed by atoms with E-state index in [-0.39, 0.29) is 5.23 Å². The van der Waals surface area contributed by atoms with Crippen LogP contribution in [0.25, 0.3) is 0 Å². The van der Waals surface area contributed by atoms with Gasteiger partial charge in [-0.05, 0) is 13.3 Å². The molecule has 4 heteroatoms. The van der Waals surface area contributed by atoms with Crippen LogP contribution >= 0.6 is 0 Å². The van der Waals surface area contributed by atoms with Gasteiger partial charge in [0, 0.05) is 0 Å². The van der Waals surface area contributed by atoms with Gasteiger partial charge >= 0.3 is 0 Å². The van der Waals surface area contributed by atoms with Gasteiger partial charge < -0.3 is 5.21 Å². The summed E-state index contributed by atoms with van der Waals surface area (Å²) in [4.78, 5) is 4.73. The van der Waals surface area contributed by atoms with E-state index in [0.29, 0.717) is 6.42 Å². The van der Waals surface area contributed by atoms with Crippen LogP contribution in [-0.4, -0.2) is 12.8 Å².